The van der Waals surface area contributed by atoms with Crippen LogP contribution in [0.2, 0.25) is 0 Å². The van der Waals surface area contributed by atoms with E-state index in [4.69, 9.17) is 16.1 Å². The van der Waals surface area contributed by atoms with Crippen molar-refractivity contribution in [1.82, 2.24) is 4.41 Å². The molecule has 0 amide bonds. The summed E-state index contributed by atoms with van der Waals surface area (Å²) >= 11 is 0. The maximum absolute atomic E-state index is 11.8. The van der Waals surface area contributed by atoms with Crippen molar-refractivity contribution in [2.75, 3.05) is 5.75 Å². The average molecular weight is 377 g/mol. The minimum absolute atomic E-state index is 0. The first kappa shape index (κ1) is 21.6. The maximum atomic E-state index is 11.8. The molecule has 0 aromatic heterocycles. The van der Waals surface area contributed by atoms with Crippen molar-refractivity contribution in [3.8, 4) is 0 Å². The molecule has 0 atom stereocenters. The molecule has 0 radical (unpaired) electrons. The molecule has 24 heavy (non-hydrogen) atoms. The predicted octanol–water partition coefficient (Wildman–Crippen LogP) is 1.07. The van der Waals surface area contributed by atoms with E-state index in [1.54, 1.807) is 30.3 Å². The van der Waals surface area contributed by atoms with Crippen LogP contribution in [0.15, 0.2) is 47.7 Å². The molecule has 0 saturated heterocycles. The van der Waals surface area contributed by atoms with Crippen LogP contribution in [0.25, 0.3) is 6.08 Å². The molecule has 0 aliphatic heterocycles. The molecule has 1 rings (SSSR count). The van der Waals surface area contributed by atoms with Crippen molar-refractivity contribution in [3.05, 3.63) is 53.2 Å². The van der Waals surface area contributed by atoms with E-state index in [9.17, 15) is 18.0 Å². The number of carboxylic acid groups (broad SMARTS) is 2. The second-order valence-electron chi connectivity index (χ2n) is 4.31. The van der Waals surface area contributed by atoms with Gasteiger partial charge in [0.1, 0.15) is 0 Å². The fourth-order valence-electron chi connectivity index (χ4n) is 1.61. The topological polar surface area (TPSA) is 138 Å². The summed E-state index contributed by atoms with van der Waals surface area (Å²) in [6.07, 6.45) is 2.41. The number of benzene rings is 1. The van der Waals surface area contributed by atoms with Crippen LogP contribution in [0.1, 0.15) is 12.5 Å². The van der Waals surface area contributed by atoms with E-state index in [0.29, 0.717) is 5.56 Å². The molecule has 8 nitrogen and oxygen atoms in total. The van der Waals surface area contributed by atoms with Gasteiger partial charge < -0.3 is 10.2 Å². The molecular weight excluding hydrogens is 360 g/mol. The molecule has 1 aromatic carbocycles. The molecule has 10 heteroatoms. The van der Waals surface area contributed by atoms with Gasteiger partial charge in [-0.15, -0.1) is 12.4 Å². The number of halogens is 1. The van der Waals surface area contributed by atoms with Crippen LogP contribution in [-0.2, 0) is 19.6 Å². The van der Waals surface area contributed by atoms with Gasteiger partial charge in [-0.2, -0.15) is 0 Å². The molecule has 4 N–H and O–H groups in total. The monoisotopic (exact) mass is 376 g/mol. The summed E-state index contributed by atoms with van der Waals surface area (Å²) in [7, 11) is -4.04. The molecule has 0 unspecified atom stereocenters. The minimum atomic E-state index is -4.04. The van der Waals surface area contributed by atoms with Crippen LogP contribution >= 0.6 is 12.4 Å². The number of carbonyl (C=O) groups is 2. The van der Waals surface area contributed by atoms with Gasteiger partial charge in [-0.25, -0.2) is 28.3 Å². The molecular formula is C14H17ClN2O6S. The highest BCUT2D eigenvalue weighted by molar-refractivity contribution is 7.89. The zero-order chi connectivity index (χ0) is 17.6. The van der Waals surface area contributed by atoms with Crippen molar-refractivity contribution < 1.29 is 28.2 Å². The minimum Gasteiger partial charge on any atom is -0.477 e. The summed E-state index contributed by atoms with van der Waals surface area (Å²) in [4.78, 5) is 22.3. The number of allylic oxidation sites excluding steroid dienone is 1. The highest BCUT2D eigenvalue weighted by Gasteiger charge is 2.28. The van der Waals surface area contributed by atoms with Crippen molar-refractivity contribution in [2.45, 2.75) is 6.92 Å². The van der Waals surface area contributed by atoms with E-state index >= 15 is 0 Å². The Kier molecular flexibility index (Phi) is 8.17. The van der Waals surface area contributed by atoms with Crippen LogP contribution in [0.4, 0.5) is 0 Å². The molecule has 0 heterocycles. The first-order valence-electron chi connectivity index (χ1n) is 6.42. The fourth-order valence-corrected chi connectivity index (χ4v) is 2.34. The number of nitrogens with two attached hydrogens (primary N) is 1. The lowest BCUT2D eigenvalue weighted by Gasteiger charge is -2.19. The third-order valence-electron chi connectivity index (χ3n) is 2.82. The highest BCUT2D eigenvalue weighted by atomic mass is 35.5. The lowest BCUT2D eigenvalue weighted by Crippen LogP contribution is -2.39. The number of sulfonamides is 1. The zero-order valence-corrected chi connectivity index (χ0v) is 14.3. The van der Waals surface area contributed by atoms with Gasteiger partial charge in [-0.3, -0.25) is 0 Å². The lowest BCUT2D eigenvalue weighted by molar-refractivity contribution is -0.140. The summed E-state index contributed by atoms with van der Waals surface area (Å²) in [5, 5.41) is 18.1. The van der Waals surface area contributed by atoms with Crippen molar-refractivity contribution >= 4 is 40.4 Å². The molecule has 0 aliphatic rings. The van der Waals surface area contributed by atoms with Gasteiger partial charge in [-0.05, 0) is 18.6 Å². The first-order valence-corrected chi connectivity index (χ1v) is 8.03. The third kappa shape index (κ3) is 5.37. The van der Waals surface area contributed by atoms with Crippen LogP contribution in [-0.4, -0.2) is 40.7 Å². The molecule has 0 bridgehead atoms. The molecule has 1 aromatic rings. The van der Waals surface area contributed by atoms with E-state index in [2.05, 4.69) is 0 Å². The number of rotatable bonds is 7. The number of carboxylic acids is 2. The molecule has 0 fully saturated rings. The first-order chi connectivity index (χ1) is 10.7. The number of hydrogen-bond donors (Lipinski definition) is 3. The van der Waals surface area contributed by atoms with E-state index in [1.165, 1.54) is 13.0 Å². The highest BCUT2D eigenvalue weighted by Crippen LogP contribution is 2.16. The number of aliphatic carboxylic acids is 2. The van der Waals surface area contributed by atoms with Crippen LogP contribution < -0.4 is 5.84 Å². The average Bonchev–Trinajstić information content (AvgIpc) is 2.50. The second-order valence-corrected chi connectivity index (χ2v) is 6.45. The Balaban J connectivity index is 0.00000529. The van der Waals surface area contributed by atoms with Gasteiger partial charge in [-0.1, -0.05) is 36.4 Å². The second kappa shape index (κ2) is 9.06. The Morgan fingerprint density at radius 3 is 2.08 bits per heavy atom. The number of hydrazine groups is 1. The summed E-state index contributed by atoms with van der Waals surface area (Å²) in [5.41, 5.74) is -1.17. The number of nitrogens with zero attached hydrogens (tertiary/aromatic N) is 1. The van der Waals surface area contributed by atoms with E-state index < -0.39 is 39.0 Å². The smallest absolute Gasteiger partial charge is 0.345 e. The largest absolute Gasteiger partial charge is 0.477 e. The number of hydrogen-bond acceptors (Lipinski definition) is 5. The van der Waals surface area contributed by atoms with Crippen LogP contribution in [0, 0.1) is 0 Å². The Morgan fingerprint density at radius 1 is 1.17 bits per heavy atom. The Hall–Kier alpha value is -2.36. The Labute approximate surface area is 145 Å². The van der Waals surface area contributed by atoms with Crippen LogP contribution in [0.3, 0.4) is 0 Å². The molecule has 132 valence electrons. The van der Waals surface area contributed by atoms with E-state index in [1.807, 2.05) is 0 Å². The maximum Gasteiger partial charge on any atom is 0.345 e. The van der Waals surface area contributed by atoms with Crippen molar-refractivity contribution in [2.24, 2.45) is 5.84 Å². The van der Waals surface area contributed by atoms with Gasteiger partial charge >= 0.3 is 11.9 Å². The van der Waals surface area contributed by atoms with Gasteiger partial charge in [0.2, 0.25) is 10.0 Å². The predicted molar refractivity (Wildman–Crippen MR) is 90.5 cm³/mol. The Morgan fingerprint density at radius 2 is 1.67 bits per heavy atom. The summed E-state index contributed by atoms with van der Waals surface area (Å²) in [5.74, 6) is 1.44. The molecule has 0 spiro atoms. The van der Waals surface area contributed by atoms with Gasteiger partial charge in [0, 0.05) is 0 Å². The normalized spacial score (nSPS) is 10.8. The summed E-state index contributed by atoms with van der Waals surface area (Å²) in [6, 6.07) is 8.52. The van der Waals surface area contributed by atoms with Gasteiger partial charge in [0.15, 0.2) is 5.57 Å². The molecule has 0 aliphatic carbocycles. The molecule has 0 saturated carbocycles. The van der Waals surface area contributed by atoms with Gasteiger partial charge in [0.05, 0.1) is 11.4 Å². The van der Waals surface area contributed by atoms with E-state index in [-0.39, 0.29) is 16.8 Å². The summed E-state index contributed by atoms with van der Waals surface area (Å²) < 4.78 is 23.9. The standard InChI is InChI=1S/C14H16N2O6S.ClH/c1-2-23(21,22)16(15)11(12(13(17)18)14(19)20)9-8-10-6-4-3-5-7-10;/h3-9H,2,15H2,1H3,(H,17,18)(H,19,20);1H. The summed E-state index contributed by atoms with van der Waals surface area (Å²) in [6.45, 7) is 1.30. The quantitative estimate of drug-likeness (QED) is 0.161. The van der Waals surface area contributed by atoms with Crippen LogP contribution in [0.5, 0.6) is 0 Å². The third-order valence-corrected chi connectivity index (χ3v) is 4.34. The van der Waals surface area contributed by atoms with E-state index in [0.717, 1.165) is 6.08 Å². The van der Waals surface area contributed by atoms with Gasteiger partial charge in [0.25, 0.3) is 0 Å². The SMILES string of the molecule is CCS(=O)(=O)N(N)C(C=Cc1ccccc1)=C(C(=O)O)C(=O)O.Cl. The zero-order valence-electron chi connectivity index (χ0n) is 12.6. The van der Waals surface area contributed by atoms with Crippen molar-refractivity contribution in [1.29, 1.82) is 0 Å². The van der Waals surface area contributed by atoms with Crippen molar-refractivity contribution in [3.63, 3.8) is 0 Å². The Bertz CT molecular complexity index is 743. The lowest BCUT2D eigenvalue weighted by atomic mass is 10.1. The fraction of sp³-hybridized carbons (Fsp3) is 0.143.